The standard InChI is InChI=1S/C26H28N4O5/c1-16(12-23(31)32)28-24(33)26(2,3)30-14-17(13-27-30)29-25(34)35-15-22-20-10-6-4-8-18(20)19-9-5-7-11-21(19)22/h4-11,13-14,16,22H,12,15H2,1-3H3,(H,28,33)(H,29,34)(H,31,32)/t16-/m0/s1. The topological polar surface area (TPSA) is 123 Å². The van der Waals surface area contributed by atoms with Gasteiger partial charge in [0.25, 0.3) is 0 Å². The number of fused-ring (bicyclic) bond motifs is 3. The van der Waals surface area contributed by atoms with Gasteiger partial charge in [-0.1, -0.05) is 48.5 Å². The van der Waals surface area contributed by atoms with Crippen LogP contribution in [0.4, 0.5) is 10.5 Å². The zero-order valence-electron chi connectivity index (χ0n) is 19.8. The van der Waals surface area contributed by atoms with Gasteiger partial charge >= 0.3 is 12.1 Å². The summed E-state index contributed by atoms with van der Waals surface area (Å²) < 4.78 is 6.97. The van der Waals surface area contributed by atoms with Crippen LogP contribution in [0.15, 0.2) is 60.9 Å². The van der Waals surface area contributed by atoms with Gasteiger partial charge in [0.05, 0.1) is 18.3 Å². The smallest absolute Gasteiger partial charge is 0.411 e. The van der Waals surface area contributed by atoms with Crippen molar-refractivity contribution in [2.24, 2.45) is 0 Å². The molecule has 3 N–H and O–H groups in total. The molecule has 9 nitrogen and oxygen atoms in total. The molecule has 0 bridgehead atoms. The summed E-state index contributed by atoms with van der Waals surface area (Å²) in [5.74, 6) is -1.43. The number of aliphatic carboxylic acids is 1. The Kier molecular flexibility index (Phi) is 6.59. The maximum Gasteiger partial charge on any atom is 0.411 e. The minimum absolute atomic E-state index is 0.0497. The number of hydrogen-bond donors (Lipinski definition) is 3. The third-order valence-electron chi connectivity index (χ3n) is 6.16. The van der Waals surface area contributed by atoms with E-state index >= 15 is 0 Å². The molecule has 0 saturated heterocycles. The van der Waals surface area contributed by atoms with Crippen molar-refractivity contribution < 1.29 is 24.2 Å². The molecule has 35 heavy (non-hydrogen) atoms. The highest BCUT2D eigenvalue weighted by molar-refractivity contribution is 5.86. The van der Waals surface area contributed by atoms with Crippen LogP contribution < -0.4 is 10.6 Å². The van der Waals surface area contributed by atoms with E-state index in [0.717, 1.165) is 22.3 Å². The highest BCUT2D eigenvalue weighted by atomic mass is 16.5. The zero-order chi connectivity index (χ0) is 25.2. The predicted molar refractivity (Wildman–Crippen MR) is 130 cm³/mol. The third kappa shape index (κ3) is 5.03. The Morgan fingerprint density at radius 3 is 2.29 bits per heavy atom. The number of nitrogens with zero attached hydrogens (tertiary/aromatic N) is 2. The Morgan fingerprint density at radius 1 is 1.09 bits per heavy atom. The molecule has 2 aromatic carbocycles. The number of carboxylic acids is 1. The SMILES string of the molecule is C[C@@H](CC(=O)O)NC(=O)C(C)(C)n1cc(NC(=O)OCC2c3ccccc3-c3ccccc32)cn1. The maximum atomic E-state index is 12.7. The second-order valence-corrected chi connectivity index (χ2v) is 9.16. The Bertz CT molecular complexity index is 1220. The van der Waals surface area contributed by atoms with Crippen molar-refractivity contribution in [2.45, 2.75) is 44.7 Å². The number of benzene rings is 2. The van der Waals surface area contributed by atoms with E-state index in [1.165, 1.54) is 17.1 Å². The molecule has 3 aromatic rings. The van der Waals surface area contributed by atoms with Crippen LogP contribution in [-0.4, -0.2) is 45.5 Å². The van der Waals surface area contributed by atoms with Gasteiger partial charge in [-0.3, -0.25) is 19.6 Å². The summed E-state index contributed by atoms with van der Waals surface area (Å²) in [4.78, 5) is 36.0. The zero-order valence-corrected chi connectivity index (χ0v) is 19.8. The normalized spacial score (nSPS) is 13.5. The van der Waals surface area contributed by atoms with Gasteiger partial charge in [-0.2, -0.15) is 5.10 Å². The average molecular weight is 477 g/mol. The van der Waals surface area contributed by atoms with Gasteiger partial charge in [0.2, 0.25) is 5.91 Å². The van der Waals surface area contributed by atoms with E-state index in [1.54, 1.807) is 20.8 Å². The van der Waals surface area contributed by atoms with Gasteiger partial charge < -0.3 is 15.2 Å². The molecule has 9 heteroatoms. The first-order valence-electron chi connectivity index (χ1n) is 11.4. The predicted octanol–water partition coefficient (Wildman–Crippen LogP) is 3.96. The molecule has 1 aliphatic carbocycles. The summed E-state index contributed by atoms with van der Waals surface area (Å²) >= 11 is 0. The molecule has 2 amide bonds. The molecule has 0 spiro atoms. The monoisotopic (exact) mass is 476 g/mol. The lowest BCUT2D eigenvalue weighted by Crippen LogP contribution is -2.48. The number of carboxylic acid groups (broad SMARTS) is 1. The Hall–Kier alpha value is -4.14. The second-order valence-electron chi connectivity index (χ2n) is 9.16. The quantitative estimate of drug-likeness (QED) is 0.452. The van der Waals surface area contributed by atoms with Crippen LogP contribution >= 0.6 is 0 Å². The molecule has 0 unspecified atom stereocenters. The summed E-state index contributed by atoms with van der Waals surface area (Å²) in [6.07, 6.45) is 2.15. The number of hydrogen-bond acceptors (Lipinski definition) is 5. The van der Waals surface area contributed by atoms with Crippen molar-refractivity contribution in [3.05, 3.63) is 72.1 Å². The highest BCUT2D eigenvalue weighted by Crippen LogP contribution is 2.44. The van der Waals surface area contributed by atoms with Gasteiger partial charge in [0.1, 0.15) is 12.1 Å². The summed E-state index contributed by atoms with van der Waals surface area (Å²) in [7, 11) is 0. The van der Waals surface area contributed by atoms with E-state index in [2.05, 4.69) is 40.0 Å². The molecular weight excluding hydrogens is 448 g/mol. The van der Waals surface area contributed by atoms with Crippen LogP contribution in [0.1, 0.15) is 44.2 Å². The number of nitrogens with one attached hydrogen (secondary N) is 2. The average Bonchev–Trinajstić information content (AvgIpc) is 3.40. The first kappa shape index (κ1) is 24.0. The summed E-state index contributed by atoms with van der Waals surface area (Å²) in [6, 6.07) is 15.7. The number of carbonyl (C=O) groups is 3. The number of anilines is 1. The maximum absolute atomic E-state index is 12.7. The van der Waals surface area contributed by atoms with Crippen molar-refractivity contribution in [3.8, 4) is 11.1 Å². The molecular formula is C26H28N4O5. The fraction of sp³-hybridized carbons (Fsp3) is 0.308. The van der Waals surface area contributed by atoms with Gasteiger partial charge in [0.15, 0.2) is 0 Å². The fourth-order valence-electron chi connectivity index (χ4n) is 4.26. The number of amides is 2. The van der Waals surface area contributed by atoms with Crippen LogP contribution in [0, 0.1) is 0 Å². The summed E-state index contributed by atoms with van der Waals surface area (Å²) in [6.45, 7) is 5.11. The molecule has 0 aliphatic heterocycles. The van der Waals surface area contributed by atoms with Crippen molar-refractivity contribution in [1.29, 1.82) is 0 Å². The summed E-state index contributed by atoms with van der Waals surface area (Å²) in [5, 5.41) is 18.4. The number of aromatic nitrogens is 2. The molecule has 182 valence electrons. The van der Waals surface area contributed by atoms with Gasteiger partial charge in [-0.15, -0.1) is 0 Å². The number of carbonyl (C=O) groups excluding carboxylic acids is 2. The van der Waals surface area contributed by atoms with Crippen molar-refractivity contribution >= 4 is 23.7 Å². The fourth-order valence-corrected chi connectivity index (χ4v) is 4.26. The lowest BCUT2D eigenvalue weighted by atomic mass is 9.98. The van der Waals surface area contributed by atoms with Crippen LogP contribution in [0.3, 0.4) is 0 Å². The molecule has 1 heterocycles. The lowest BCUT2D eigenvalue weighted by Gasteiger charge is -2.26. The van der Waals surface area contributed by atoms with Crippen LogP contribution in [-0.2, 0) is 19.9 Å². The Labute approximate surface area is 203 Å². The molecule has 1 aliphatic rings. The highest BCUT2D eigenvalue weighted by Gasteiger charge is 2.32. The Balaban J connectivity index is 1.38. The van der Waals surface area contributed by atoms with E-state index in [1.807, 2.05) is 24.3 Å². The molecule has 4 rings (SSSR count). The minimum Gasteiger partial charge on any atom is -0.481 e. The van der Waals surface area contributed by atoms with E-state index in [9.17, 15) is 14.4 Å². The van der Waals surface area contributed by atoms with Gasteiger partial charge in [-0.25, -0.2) is 4.79 Å². The van der Waals surface area contributed by atoms with E-state index < -0.39 is 23.6 Å². The second kappa shape index (κ2) is 9.61. The van der Waals surface area contributed by atoms with Gasteiger partial charge in [0, 0.05) is 18.2 Å². The van der Waals surface area contributed by atoms with Crippen molar-refractivity contribution in [3.63, 3.8) is 0 Å². The molecule has 0 radical (unpaired) electrons. The van der Waals surface area contributed by atoms with Crippen LogP contribution in [0.5, 0.6) is 0 Å². The van der Waals surface area contributed by atoms with Crippen molar-refractivity contribution in [2.75, 3.05) is 11.9 Å². The van der Waals surface area contributed by atoms with E-state index in [4.69, 9.17) is 9.84 Å². The third-order valence-corrected chi connectivity index (χ3v) is 6.16. The molecule has 1 atom stereocenters. The van der Waals surface area contributed by atoms with Gasteiger partial charge in [-0.05, 0) is 43.0 Å². The largest absolute Gasteiger partial charge is 0.481 e. The van der Waals surface area contributed by atoms with Crippen LogP contribution in [0.2, 0.25) is 0 Å². The number of ether oxygens (including phenoxy) is 1. The molecule has 0 fully saturated rings. The first-order valence-corrected chi connectivity index (χ1v) is 11.4. The minimum atomic E-state index is -1.10. The molecule has 1 aromatic heterocycles. The van der Waals surface area contributed by atoms with Crippen LogP contribution in [0.25, 0.3) is 11.1 Å². The van der Waals surface area contributed by atoms with Crippen molar-refractivity contribution in [1.82, 2.24) is 15.1 Å². The van der Waals surface area contributed by atoms with E-state index in [0.29, 0.717) is 5.69 Å². The number of rotatable bonds is 8. The lowest BCUT2D eigenvalue weighted by molar-refractivity contribution is -0.138. The van der Waals surface area contributed by atoms with E-state index in [-0.39, 0.29) is 24.9 Å². The summed E-state index contributed by atoms with van der Waals surface area (Å²) in [5.41, 5.74) is 3.82. The molecule has 0 saturated carbocycles. The first-order chi connectivity index (χ1) is 16.7. The Morgan fingerprint density at radius 2 is 1.69 bits per heavy atom.